The standard InChI is InChI=1S/C15H12N2O5S2/c18-13(19)8-9-16-14(20)12(24-15(16)23)3-1-2-10-4-6-11(7-5-10)17(21)22/h1-7H,8-9H2,(H,18,19)/b2-1+,12-3+. The third-order valence-corrected chi connectivity index (χ3v) is 4.46. The first-order valence-corrected chi connectivity index (χ1v) is 7.99. The third-order valence-electron chi connectivity index (χ3n) is 3.06. The Morgan fingerprint density at radius 3 is 2.62 bits per heavy atom. The van der Waals surface area contributed by atoms with Gasteiger partial charge >= 0.3 is 5.97 Å². The molecule has 1 heterocycles. The Hall–Kier alpha value is -2.52. The van der Waals surface area contributed by atoms with Crippen LogP contribution in [0.15, 0.2) is 41.3 Å². The molecule has 0 unspecified atom stereocenters. The van der Waals surface area contributed by atoms with E-state index in [9.17, 15) is 19.7 Å². The van der Waals surface area contributed by atoms with Crippen molar-refractivity contribution >= 4 is 51.9 Å². The van der Waals surface area contributed by atoms with Gasteiger partial charge in [0.15, 0.2) is 0 Å². The van der Waals surface area contributed by atoms with E-state index in [1.807, 2.05) is 0 Å². The molecule has 1 fully saturated rings. The molecule has 24 heavy (non-hydrogen) atoms. The van der Waals surface area contributed by atoms with Crippen LogP contribution < -0.4 is 0 Å². The van der Waals surface area contributed by atoms with Crippen molar-refractivity contribution in [1.82, 2.24) is 4.90 Å². The number of nitrogens with zero attached hydrogens (tertiary/aromatic N) is 2. The van der Waals surface area contributed by atoms with Gasteiger partial charge in [-0.15, -0.1) is 0 Å². The van der Waals surface area contributed by atoms with Gasteiger partial charge in [-0.1, -0.05) is 36.1 Å². The van der Waals surface area contributed by atoms with Gasteiger partial charge in [0.2, 0.25) is 0 Å². The van der Waals surface area contributed by atoms with Crippen LogP contribution in [0.2, 0.25) is 0 Å². The van der Waals surface area contributed by atoms with Gasteiger partial charge in [-0.05, 0) is 23.8 Å². The lowest BCUT2D eigenvalue weighted by molar-refractivity contribution is -0.384. The summed E-state index contributed by atoms with van der Waals surface area (Å²) in [6.45, 7) is 0.0450. The minimum atomic E-state index is -0.994. The van der Waals surface area contributed by atoms with Gasteiger partial charge in [-0.3, -0.25) is 24.6 Å². The van der Waals surface area contributed by atoms with Gasteiger partial charge in [0.25, 0.3) is 11.6 Å². The van der Waals surface area contributed by atoms with E-state index in [-0.39, 0.29) is 24.6 Å². The normalized spacial score (nSPS) is 16.3. The molecular formula is C15H12N2O5S2. The number of carboxylic acids is 1. The molecule has 1 aromatic carbocycles. The van der Waals surface area contributed by atoms with Crippen LogP contribution in [-0.4, -0.2) is 37.7 Å². The smallest absolute Gasteiger partial charge is 0.305 e. The number of allylic oxidation sites excluding steroid dienone is 2. The number of hydrogen-bond acceptors (Lipinski definition) is 6. The average molecular weight is 364 g/mol. The van der Waals surface area contributed by atoms with Crippen molar-refractivity contribution in [2.75, 3.05) is 6.54 Å². The highest BCUT2D eigenvalue weighted by Gasteiger charge is 2.31. The second-order valence-electron chi connectivity index (χ2n) is 4.71. The highest BCUT2D eigenvalue weighted by molar-refractivity contribution is 8.26. The monoisotopic (exact) mass is 364 g/mol. The first-order chi connectivity index (χ1) is 11.4. The van der Waals surface area contributed by atoms with Gasteiger partial charge in [-0.25, -0.2) is 0 Å². The summed E-state index contributed by atoms with van der Waals surface area (Å²) >= 11 is 6.19. The van der Waals surface area contributed by atoms with Gasteiger partial charge in [-0.2, -0.15) is 0 Å². The minimum absolute atomic E-state index is 0.00597. The first-order valence-electron chi connectivity index (χ1n) is 6.77. The van der Waals surface area contributed by atoms with E-state index in [2.05, 4.69) is 0 Å². The Kier molecular flexibility index (Phi) is 5.83. The number of carboxylic acid groups (broad SMARTS) is 1. The van der Waals surface area contributed by atoms with Gasteiger partial charge in [0.05, 0.1) is 16.2 Å². The molecule has 1 N–H and O–H groups in total. The largest absolute Gasteiger partial charge is 0.481 e. The van der Waals surface area contributed by atoms with E-state index in [0.717, 1.165) is 17.3 Å². The lowest BCUT2D eigenvalue weighted by Crippen LogP contribution is -2.30. The SMILES string of the molecule is O=C(O)CCN1C(=O)/C(=C\C=C\c2ccc([N+](=O)[O-])cc2)SC1=S. The summed E-state index contributed by atoms with van der Waals surface area (Å²) < 4.78 is 0.330. The molecule has 7 nitrogen and oxygen atoms in total. The maximum absolute atomic E-state index is 12.1. The fourth-order valence-corrected chi connectivity index (χ4v) is 3.13. The number of amides is 1. The molecule has 1 amide bonds. The number of thiocarbonyl (C=S) groups is 1. The average Bonchev–Trinajstić information content (AvgIpc) is 2.80. The second kappa shape index (κ2) is 7.84. The van der Waals surface area contributed by atoms with Crippen LogP contribution in [0.3, 0.4) is 0 Å². The molecule has 1 aromatic rings. The van der Waals surface area contributed by atoms with Gasteiger partial charge in [0.1, 0.15) is 4.32 Å². The van der Waals surface area contributed by atoms with Crippen molar-refractivity contribution in [1.29, 1.82) is 0 Å². The summed E-state index contributed by atoms with van der Waals surface area (Å²) in [6.07, 6.45) is 4.76. The predicted molar refractivity (Wildman–Crippen MR) is 94.4 cm³/mol. The van der Waals surface area contributed by atoms with E-state index in [4.69, 9.17) is 17.3 Å². The topological polar surface area (TPSA) is 101 Å². The van der Waals surface area contributed by atoms with Crippen molar-refractivity contribution in [3.05, 3.63) is 57.0 Å². The molecule has 1 aliphatic rings. The number of hydrogen-bond donors (Lipinski definition) is 1. The molecule has 0 spiro atoms. The van der Waals surface area contributed by atoms with Gasteiger partial charge in [0, 0.05) is 18.7 Å². The van der Waals surface area contributed by atoms with Gasteiger partial charge < -0.3 is 5.11 Å². The molecule has 0 radical (unpaired) electrons. The van der Waals surface area contributed by atoms with E-state index in [0.29, 0.717) is 9.23 Å². The fourth-order valence-electron chi connectivity index (χ4n) is 1.87. The molecule has 0 saturated carbocycles. The molecule has 0 aromatic heterocycles. The Balaban J connectivity index is 2.03. The number of carbonyl (C=O) groups excluding carboxylic acids is 1. The lowest BCUT2D eigenvalue weighted by Gasteiger charge is -2.12. The van der Waals surface area contributed by atoms with Crippen molar-refractivity contribution in [3.8, 4) is 0 Å². The van der Waals surface area contributed by atoms with Crippen LogP contribution in [0.5, 0.6) is 0 Å². The summed E-state index contributed by atoms with van der Waals surface area (Å²) in [5.74, 6) is -1.31. The number of rotatable bonds is 6. The molecule has 0 bridgehead atoms. The van der Waals surface area contributed by atoms with Crippen LogP contribution in [0, 0.1) is 10.1 Å². The summed E-state index contributed by atoms with van der Waals surface area (Å²) in [6, 6.07) is 5.98. The number of benzene rings is 1. The third kappa shape index (κ3) is 4.49. The number of aliphatic carboxylic acids is 1. The van der Waals surface area contributed by atoms with E-state index < -0.39 is 10.9 Å². The van der Waals surface area contributed by atoms with Crippen molar-refractivity contribution in [3.63, 3.8) is 0 Å². The van der Waals surface area contributed by atoms with Crippen LogP contribution in [0.1, 0.15) is 12.0 Å². The number of carbonyl (C=O) groups is 2. The molecule has 1 saturated heterocycles. The van der Waals surface area contributed by atoms with Crippen molar-refractivity contribution in [2.24, 2.45) is 0 Å². The molecule has 0 aliphatic carbocycles. The quantitative estimate of drug-likeness (QED) is 0.358. The van der Waals surface area contributed by atoms with Crippen molar-refractivity contribution in [2.45, 2.75) is 6.42 Å². The first kappa shape index (κ1) is 17.8. The molecule has 1 aliphatic heterocycles. The Labute approximate surface area is 146 Å². The maximum atomic E-state index is 12.1. The van der Waals surface area contributed by atoms with E-state index >= 15 is 0 Å². The zero-order valence-corrected chi connectivity index (χ0v) is 13.9. The highest BCUT2D eigenvalue weighted by atomic mass is 32.2. The summed E-state index contributed by atoms with van der Waals surface area (Å²) in [5.41, 5.74) is 0.754. The highest BCUT2D eigenvalue weighted by Crippen LogP contribution is 2.31. The second-order valence-corrected chi connectivity index (χ2v) is 6.38. The summed E-state index contributed by atoms with van der Waals surface area (Å²) in [7, 11) is 0. The number of non-ortho nitro benzene ring substituents is 1. The van der Waals surface area contributed by atoms with E-state index in [1.54, 1.807) is 30.4 Å². The van der Waals surface area contributed by atoms with Crippen LogP contribution in [-0.2, 0) is 9.59 Å². The molecule has 0 atom stereocenters. The van der Waals surface area contributed by atoms with Crippen molar-refractivity contribution < 1.29 is 19.6 Å². The maximum Gasteiger partial charge on any atom is 0.305 e. The number of nitro benzene ring substituents is 1. The number of thioether (sulfide) groups is 1. The Morgan fingerprint density at radius 1 is 1.38 bits per heavy atom. The van der Waals surface area contributed by atoms with Crippen LogP contribution in [0.25, 0.3) is 6.08 Å². The van der Waals surface area contributed by atoms with E-state index in [1.165, 1.54) is 17.0 Å². The molecular weight excluding hydrogens is 352 g/mol. The Morgan fingerprint density at radius 2 is 2.04 bits per heavy atom. The molecule has 124 valence electrons. The lowest BCUT2D eigenvalue weighted by atomic mass is 10.2. The summed E-state index contributed by atoms with van der Waals surface area (Å²) in [5, 5.41) is 19.3. The Bertz CT molecular complexity index is 756. The molecule has 9 heteroatoms. The molecule has 2 rings (SSSR count). The number of nitro groups is 1. The minimum Gasteiger partial charge on any atom is -0.481 e. The predicted octanol–water partition coefficient (Wildman–Crippen LogP) is 2.83. The summed E-state index contributed by atoms with van der Waals surface area (Å²) in [4.78, 5) is 34.5. The zero-order valence-electron chi connectivity index (χ0n) is 12.2. The van der Waals surface area contributed by atoms with Crippen LogP contribution >= 0.6 is 24.0 Å². The van der Waals surface area contributed by atoms with Crippen LogP contribution in [0.4, 0.5) is 5.69 Å². The fraction of sp³-hybridized carbons (Fsp3) is 0.133. The zero-order chi connectivity index (χ0) is 17.7.